The number of hydrogen-bond acceptors (Lipinski definition) is 3. The summed E-state index contributed by atoms with van der Waals surface area (Å²) in [6.45, 7) is -1.62. The quantitative estimate of drug-likeness (QED) is 0.786. The lowest BCUT2D eigenvalue weighted by Gasteiger charge is -2.20. The lowest BCUT2D eigenvalue weighted by molar-refractivity contribution is -0.140. The van der Waals surface area contributed by atoms with E-state index in [1.165, 1.54) is 7.11 Å². The zero-order valence-corrected chi connectivity index (χ0v) is 11.8. The lowest BCUT2D eigenvalue weighted by Crippen LogP contribution is -2.31. The van der Waals surface area contributed by atoms with Gasteiger partial charge in [-0.3, -0.25) is 9.59 Å². The van der Waals surface area contributed by atoms with Gasteiger partial charge < -0.3 is 10.1 Å². The molecule has 1 amide bonds. The number of carbonyl (C=O) groups excluding carboxylic acids is 2. The number of halogens is 2. The Morgan fingerprint density at radius 3 is 2.67 bits per heavy atom. The maximum atomic E-state index is 11.6. The molecule has 1 heterocycles. The van der Waals surface area contributed by atoms with Gasteiger partial charge in [-0.25, -0.2) is 0 Å². The van der Waals surface area contributed by atoms with Crippen molar-refractivity contribution in [2.75, 3.05) is 13.7 Å². The van der Waals surface area contributed by atoms with Crippen molar-refractivity contribution in [3.05, 3.63) is 22.5 Å². The zero-order chi connectivity index (χ0) is 11.5. The minimum absolute atomic E-state index is 0.123. The van der Waals surface area contributed by atoms with Gasteiger partial charge in [-0.15, -0.1) is 0 Å². The number of allylic oxidation sites excluding steroid dienone is 2. The summed E-state index contributed by atoms with van der Waals surface area (Å²) in [6.07, 6.45) is 3.48. The van der Waals surface area contributed by atoms with Crippen LogP contribution in [0.15, 0.2) is 22.5 Å². The molecule has 1 rings (SSSR count). The van der Waals surface area contributed by atoms with Crippen molar-refractivity contribution in [1.29, 1.82) is 0 Å². The molecule has 0 aliphatic carbocycles. The fraction of sp³-hybridized carbons (Fsp3) is 0.250. The maximum absolute atomic E-state index is 11.6. The molecule has 0 radical (unpaired) electrons. The molecule has 1 aliphatic rings. The number of hydrogen-bond donors (Lipinski definition) is 1. The molecule has 0 aromatic rings. The third kappa shape index (κ3) is 3.35. The topological polar surface area (TPSA) is 55.4 Å². The number of esters is 1. The summed E-state index contributed by atoms with van der Waals surface area (Å²) in [6, 6.07) is 0. The maximum Gasteiger partial charge on any atom is 0.325 e. The Bertz CT molecular complexity index is 352. The number of methoxy groups -OCH3 is 1. The second-order valence-corrected chi connectivity index (χ2v) is 13.1. The Hall–Kier alpha value is -0.270. The summed E-state index contributed by atoms with van der Waals surface area (Å²) in [7, 11) is 1.27. The van der Waals surface area contributed by atoms with Gasteiger partial charge >= 0.3 is 5.97 Å². The average Bonchev–Trinajstić information content (AvgIpc) is 2.53. The Kier molecular flexibility index (Phi) is 4.42. The van der Waals surface area contributed by atoms with Crippen molar-refractivity contribution < 1.29 is 14.3 Å². The smallest absolute Gasteiger partial charge is 0.325 e. The molecule has 1 aliphatic heterocycles. The van der Waals surface area contributed by atoms with E-state index in [2.05, 4.69) is 39.7 Å². The molecule has 7 heteroatoms. The van der Waals surface area contributed by atoms with Crippen LogP contribution in [-0.2, 0) is 14.3 Å². The number of nitrogens with one attached hydrogen (secondary N) is 1. The predicted octanol–water partition coefficient (Wildman–Crippen LogP) is 2.11. The highest BCUT2D eigenvalue weighted by atomic mass is 79.9. The minimum Gasteiger partial charge on any atom is -0.468 e. The molecule has 15 heavy (non-hydrogen) atoms. The second kappa shape index (κ2) is 5.18. The molecule has 84 valence electrons. The van der Waals surface area contributed by atoms with Gasteiger partial charge in [-0.1, -0.05) is 13.0 Å². The predicted molar refractivity (Wildman–Crippen MR) is 67.7 cm³/mol. The monoisotopic (exact) mass is 357 g/mol. The van der Waals surface area contributed by atoms with E-state index in [1.807, 2.05) is 5.41 Å². The van der Waals surface area contributed by atoms with Gasteiger partial charge in [0.05, 0.1) is 12.0 Å². The summed E-state index contributed by atoms with van der Waals surface area (Å²) >= 11 is 6.80. The number of carbonyl (C=O) groups is 2. The Labute approximate surface area is 104 Å². The number of rotatable bonds is 3. The average molecular weight is 359 g/mol. The van der Waals surface area contributed by atoms with E-state index in [9.17, 15) is 9.59 Å². The van der Waals surface area contributed by atoms with Gasteiger partial charge in [0.15, 0.2) is 0 Å². The highest BCUT2D eigenvalue weighted by Crippen LogP contribution is 2.72. The van der Waals surface area contributed by atoms with E-state index < -0.39 is 12.9 Å². The van der Waals surface area contributed by atoms with Crippen LogP contribution in [0.25, 0.3) is 0 Å². The summed E-state index contributed by atoms with van der Waals surface area (Å²) < 4.78 is 4.41. The SMILES string of the molecule is COC(=O)CNC(=O)C1=CC=CS1(Br)Br. The van der Waals surface area contributed by atoms with Crippen molar-refractivity contribution in [2.45, 2.75) is 0 Å². The van der Waals surface area contributed by atoms with Gasteiger partial charge in [0.25, 0.3) is 5.91 Å². The molecule has 0 unspecified atom stereocenters. The van der Waals surface area contributed by atoms with Crippen molar-refractivity contribution in [3.8, 4) is 0 Å². The van der Waals surface area contributed by atoms with E-state index >= 15 is 0 Å². The third-order valence-electron chi connectivity index (χ3n) is 1.64. The summed E-state index contributed by atoms with van der Waals surface area (Å²) in [5.41, 5.74) is 0. The van der Waals surface area contributed by atoms with Crippen LogP contribution in [0.3, 0.4) is 0 Å². The number of amides is 1. The molecular weight excluding hydrogens is 350 g/mol. The Morgan fingerprint density at radius 1 is 1.53 bits per heavy atom. The summed E-state index contributed by atoms with van der Waals surface area (Å²) in [5, 5.41) is 4.33. The molecule has 0 atom stereocenters. The second-order valence-electron chi connectivity index (χ2n) is 2.63. The van der Waals surface area contributed by atoms with Crippen LogP contribution in [0.4, 0.5) is 0 Å². The largest absolute Gasteiger partial charge is 0.468 e. The molecular formula is C8H9Br2NO3S. The minimum atomic E-state index is -1.50. The van der Waals surface area contributed by atoms with Gasteiger partial charge in [-0.05, 0) is 41.1 Å². The standard InChI is InChI=1S/C8H9Br2NO3S/c1-14-7(12)5-11-8(13)6-3-2-4-15(6,9)10/h2-4H,5H2,1H3,(H,11,13). The van der Waals surface area contributed by atoms with Crippen LogP contribution in [0, 0.1) is 0 Å². The highest BCUT2D eigenvalue weighted by Gasteiger charge is 2.28. The van der Waals surface area contributed by atoms with Gasteiger partial charge in [-0.2, -0.15) is 0 Å². The molecule has 0 aromatic heterocycles. The zero-order valence-electron chi connectivity index (χ0n) is 7.83. The molecule has 0 spiro atoms. The van der Waals surface area contributed by atoms with E-state index in [4.69, 9.17) is 0 Å². The van der Waals surface area contributed by atoms with Crippen molar-refractivity contribution >= 4 is 48.4 Å². The molecule has 4 nitrogen and oxygen atoms in total. The first-order chi connectivity index (χ1) is 6.97. The Morgan fingerprint density at radius 2 is 2.20 bits per heavy atom. The van der Waals surface area contributed by atoms with E-state index in [0.29, 0.717) is 4.91 Å². The molecule has 0 bridgehead atoms. The third-order valence-corrected chi connectivity index (χ3v) is 6.43. The molecule has 0 aromatic carbocycles. The van der Waals surface area contributed by atoms with Gasteiger partial charge in [0, 0.05) is 0 Å². The van der Waals surface area contributed by atoms with Crippen LogP contribution >= 0.6 is 36.5 Å². The Balaban J connectivity index is 2.53. The van der Waals surface area contributed by atoms with Crippen LogP contribution in [-0.4, -0.2) is 25.5 Å². The lowest BCUT2D eigenvalue weighted by atomic mass is 10.4. The van der Waals surface area contributed by atoms with Gasteiger partial charge in [0.1, 0.15) is 6.54 Å². The molecule has 0 saturated heterocycles. The van der Waals surface area contributed by atoms with E-state index in [-0.39, 0.29) is 12.5 Å². The first kappa shape index (κ1) is 12.8. The first-order valence-corrected chi connectivity index (χ1v) is 9.31. The van der Waals surface area contributed by atoms with Crippen molar-refractivity contribution in [1.82, 2.24) is 5.32 Å². The van der Waals surface area contributed by atoms with Gasteiger partial charge in [0.2, 0.25) is 0 Å². The van der Waals surface area contributed by atoms with Crippen LogP contribution in [0.1, 0.15) is 0 Å². The normalized spacial score (nSPS) is 19.3. The molecule has 0 fully saturated rings. The van der Waals surface area contributed by atoms with Crippen LogP contribution < -0.4 is 5.32 Å². The first-order valence-electron chi connectivity index (χ1n) is 3.93. The number of ether oxygens (including phenoxy) is 1. The molecule has 1 N–H and O–H groups in total. The highest BCUT2D eigenvalue weighted by molar-refractivity contribution is 9.92. The van der Waals surface area contributed by atoms with Crippen LogP contribution in [0.5, 0.6) is 0 Å². The van der Waals surface area contributed by atoms with Crippen molar-refractivity contribution in [3.63, 3.8) is 0 Å². The van der Waals surface area contributed by atoms with Crippen LogP contribution in [0.2, 0.25) is 0 Å². The summed E-state index contributed by atoms with van der Waals surface area (Å²) in [4.78, 5) is 23.0. The molecule has 0 saturated carbocycles. The fourth-order valence-corrected chi connectivity index (χ4v) is 4.18. The van der Waals surface area contributed by atoms with E-state index in [0.717, 1.165) is 0 Å². The summed E-state index contributed by atoms with van der Waals surface area (Å²) in [5.74, 6) is -0.756. The fourth-order valence-electron chi connectivity index (χ4n) is 0.900. The van der Waals surface area contributed by atoms with E-state index in [1.54, 1.807) is 12.2 Å². The van der Waals surface area contributed by atoms with Crippen molar-refractivity contribution in [2.24, 2.45) is 0 Å².